The van der Waals surface area contributed by atoms with E-state index < -0.39 is 0 Å². The van der Waals surface area contributed by atoms with E-state index in [1.54, 1.807) is 6.08 Å². The Morgan fingerprint density at radius 1 is 1.75 bits per heavy atom. The fourth-order valence-electron chi connectivity index (χ4n) is 1.96. The van der Waals surface area contributed by atoms with Gasteiger partial charge >= 0.3 is 5.97 Å². The summed E-state index contributed by atoms with van der Waals surface area (Å²) in [5.41, 5.74) is 4.06. The monoisotopic (exact) mass is 224 g/mol. The van der Waals surface area contributed by atoms with Crippen molar-refractivity contribution in [3.8, 4) is 0 Å². The Balaban J connectivity index is 1.64. The van der Waals surface area contributed by atoms with E-state index >= 15 is 0 Å². The summed E-state index contributed by atoms with van der Waals surface area (Å²) in [4.78, 5) is 18.2. The number of ether oxygens (including phenoxy) is 1. The molecule has 2 rings (SSSR count). The molecule has 2 bridgehead atoms. The van der Waals surface area contributed by atoms with Crippen LogP contribution in [0.4, 0.5) is 0 Å². The van der Waals surface area contributed by atoms with Gasteiger partial charge in [-0.05, 0) is 12.5 Å². The lowest BCUT2D eigenvalue weighted by Gasteiger charge is -2.14. The molecule has 0 spiro atoms. The second-order valence-electron chi connectivity index (χ2n) is 3.90. The molecule has 0 radical (unpaired) electrons. The molecular formula is C11H16N2O3. The molecule has 0 aliphatic carbocycles. The summed E-state index contributed by atoms with van der Waals surface area (Å²) in [7, 11) is 1.35. The third kappa shape index (κ3) is 2.55. The van der Waals surface area contributed by atoms with Gasteiger partial charge in [0.05, 0.1) is 19.4 Å². The van der Waals surface area contributed by atoms with E-state index in [-0.39, 0.29) is 5.97 Å². The van der Waals surface area contributed by atoms with Crippen molar-refractivity contribution in [1.82, 2.24) is 10.4 Å². The van der Waals surface area contributed by atoms with Crippen molar-refractivity contribution in [2.24, 2.45) is 5.92 Å². The maximum Gasteiger partial charge on any atom is 0.330 e. The normalized spacial score (nSPS) is 22.7. The van der Waals surface area contributed by atoms with Crippen LogP contribution in [0.1, 0.15) is 6.42 Å². The Morgan fingerprint density at radius 3 is 3.25 bits per heavy atom. The van der Waals surface area contributed by atoms with E-state index in [9.17, 15) is 4.79 Å². The van der Waals surface area contributed by atoms with E-state index in [1.165, 1.54) is 19.6 Å². The maximum absolute atomic E-state index is 10.7. The predicted octanol–water partition coefficient (Wildman–Crippen LogP) is 0.414. The van der Waals surface area contributed by atoms with Crippen molar-refractivity contribution in [2.45, 2.75) is 6.42 Å². The molecule has 2 aliphatic heterocycles. The van der Waals surface area contributed by atoms with Crippen molar-refractivity contribution in [3.63, 3.8) is 0 Å². The standard InChI is InChI=1S/C11H16N2O3/c1-15-11(14)3-2-6-16-12-10-8-13-5-4-9(10)7-13/h2-3,8-9,12H,4-7H2,1H3. The molecule has 0 aromatic heterocycles. The average molecular weight is 224 g/mol. The Bertz CT molecular complexity index is 325. The first-order valence-corrected chi connectivity index (χ1v) is 5.37. The lowest BCUT2D eigenvalue weighted by Crippen LogP contribution is -2.20. The lowest BCUT2D eigenvalue weighted by molar-refractivity contribution is -0.134. The summed E-state index contributed by atoms with van der Waals surface area (Å²) in [6.07, 6.45) is 6.26. The van der Waals surface area contributed by atoms with Crippen LogP contribution in [0, 0.1) is 5.92 Å². The van der Waals surface area contributed by atoms with Gasteiger partial charge in [0, 0.05) is 31.3 Å². The summed E-state index contributed by atoms with van der Waals surface area (Å²) < 4.78 is 4.45. The van der Waals surface area contributed by atoms with Crippen LogP contribution in [0.5, 0.6) is 0 Å². The number of nitrogens with zero attached hydrogens (tertiary/aromatic N) is 1. The molecule has 2 aliphatic rings. The highest BCUT2D eigenvalue weighted by Gasteiger charge is 2.30. The third-order valence-electron chi connectivity index (χ3n) is 2.81. The van der Waals surface area contributed by atoms with E-state index in [0.29, 0.717) is 12.5 Å². The summed E-state index contributed by atoms with van der Waals surface area (Å²) in [6, 6.07) is 0. The van der Waals surface area contributed by atoms with Gasteiger partial charge in [-0.15, -0.1) is 0 Å². The number of fused-ring (bicyclic) bond motifs is 2. The highest BCUT2D eigenvalue weighted by atomic mass is 16.6. The molecule has 0 aromatic rings. The molecule has 16 heavy (non-hydrogen) atoms. The van der Waals surface area contributed by atoms with Crippen molar-refractivity contribution in [2.75, 3.05) is 26.8 Å². The second kappa shape index (κ2) is 5.03. The van der Waals surface area contributed by atoms with Gasteiger partial charge in [-0.25, -0.2) is 4.79 Å². The summed E-state index contributed by atoms with van der Waals surface area (Å²) in [5, 5.41) is 0. The van der Waals surface area contributed by atoms with Crippen LogP contribution in [0.15, 0.2) is 24.0 Å². The van der Waals surface area contributed by atoms with Crippen LogP contribution in [0.25, 0.3) is 0 Å². The van der Waals surface area contributed by atoms with Crippen LogP contribution in [-0.4, -0.2) is 37.7 Å². The van der Waals surface area contributed by atoms with Crippen LogP contribution >= 0.6 is 0 Å². The number of hydroxylamine groups is 1. The van der Waals surface area contributed by atoms with Gasteiger partial charge in [-0.2, -0.15) is 0 Å². The average Bonchev–Trinajstić information content (AvgIpc) is 2.90. The van der Waals surface area contributed by atoms with Crippen LogP contribution < -0.4 is 5.48 Å². The Labute approximate surface area is 94.7 Å². The molecule has 1 N–H and O–H groups in total. The molecule has 1 saturated heterocycles. The molecule has 88 valence electrons. The molecule has 2 heterocycles. The fraction of sp³-hybridized carbons (Fsp3) is 0.545. The maximum atomic E-state index is 10.7. The fourth-order valence-corrected chi connectivity index (χ4v) is 1.96. The van der Waals surface area contributed by atoms with Crippen molar-refractivity contribution in [1.29, 1.82) is 0 Å². The van der Waals surface area contributed by atoms with Crippen LogP contribution in [0.3, 0.4) is 0 Å². The summed E-state index contributed by atoms with van der Waals surface area (Å²) >= 11 is 0. The van der Waals surface area contributed by atoms with E-state index in [4.69, 9.17) is 4.84 Å². The first-order chi connectivity index (χ1) is 7.79. The number of methoxy groups -OCH3 is 1. The molecule has 5 heteroatoms. The Kier molecular flexibility index (Phi) is 3.46. The van der Waals surface area contributed by atoms with Gasteiger partial charge in [-0.1, -0.05) is 0 Å². The first kappa shape index (κ1) is 11.0. The van der Waals surface area contributed by atoms with E-state index in [1.807, 2.05) is 0 Å². The summed E-state index contributed by atoms with van der Waals surface area (Å²) in [6.45, 7) is 2.60. The molecule has 0 amide bonds. The van der Waals surface area contributed by atoms with Crippen molar-refractivity contribution in [3.05, 3.63) is 24.0 Å². The van der Waals surface area contributed by atoms with Gasteiger partial charge < -0.3 is 9.64 Å². The molecule has 0 aromatic carbocycles. The minimum Gasteiger partial charge on any atom is -0.466 e. The van der Waals surface area contributed by atoms with Gasteiger partial charge in [0.1, 0.15) is 0 Å². The number of carbonyl (C=O) groups is 1. The third-order valence-corrected chi connectivity index (χ3v) is 2.81. The highest BCUT2D eigenvalue weighted by Crippen LogP contribution is 2.29. The molecule has 0 saturated carbocycles. The number of rotatable bonds is 5. The zero-order valence-corrected chi connectivity index (χ0v) is 9.31. The largest absolute Gasteiger partial charge is 0.466 e. The molecule has 1 atom stereocenters. The molecule has 5 nitrogen and oxygen atoms in total. The zero-order chi connectivity index (χ0) is 11.4. The SMILES string of the molecule is COC(=O)C=CCONC1=CN2CCC1C2. The van der Waals surface area contributed by atoms with Crippen molar-refractivity contribution < 1.29 is 14.4 Å². The number of hydrogen-bond acceptors (Lipinski definition) is 5. The van der Waals surface area contributed by atoms with Crippen LogP contribution in [0.2, 0.25) is 0 Å². The number of carbonyl (C=O) groups excluding carboxylic acids is 1. The first-order valence-electron chi connectivity index (χ1n) is 5.37. The van der Waals surface area contributed by atoms with Crippen LogP contribution in [-0.2, 0) is 14.4 Å². The lowest BCUT2D eigenvalue weighted by atomic mass is 10.1. The second-order valence-corrected chi connectivity index (χ2v) is 3.90. The van der Waals surface area contributed by atoms with E-state index in [2.05, 4.69) is 21.3 Å². The molecule has 1 unspecified atom stereocenters. The smallest absolute Gasteiger partial charge is 0.330 e. The Hall–Kier alpha value is -1.49. The predicted molar refractivity (Wildman–Crippen MR) is 58.0 cm³/mol. The number of hydrogen-bond donors (Lipinski definition) is 1. The summed E-state index contributed by atoms with van der Waals surface area (Å²) in [5.74, 6) is 0.221. The van der Waals surface area contributed by atoms with Gasteiger partial charge in [-0.3, -0.25) is 10.3 Å². The Morgan fingerprint density at radius 2 is 2.62 bits per heavy atom. The van der Waals surface area contributed by atoms with E-state index in [0.717, 1.165) is 18.8 Å². The highest BCUT2D eigenvalue weighted by molar-refractivity contribution is 5.81. The number of esters is 1. The van der Waals surface area contributed by atoms with Gasteiger partial charge in [0.25, 0.3) is 0 Å². The topological polar surface area (TPSA) is 50.8 Å². The van der Waals surface area contributed by atoms with Crippen molar-refractivity contribution >= 4 is 5.97 Å². The molecular weight excluding hydrogens is 208 g/mol. The van der Waals surface area contributed by atoms with Gasteiger partial charge in [0.15, 0.2) is 0 Å². The minimum absolute atomic E-state index is 0.346. The van der Waals surface area contributed by atoms with Gasteiger partial charge in [0.2, 0.25) is 0 Å². The quantitative estimate of drug-likeness (QED) is 0.317. The zero-order valence-electron chi connectivity index (χ0n) is 9.31. The molecule has 1 fully saturated rings. The minimum atomic E-state index is -0.367. The number of nitrogens with one attached hydrogen (secondary N) is 1.